The van der Waals surface area contributed by atoms with E-state index in [0.717, 1.165) is 39.4 Å². The van der Waals surface area contributed by atoms with Gasteiger partial charge < -0.3 is 14.4 Å². The van der Waals surface area contributed by atoms with Crippen molar-refractivity contribution in [2.24, 2.45) is 7.05 Å². The lowest BCUT2D eigenvalue weighted by Gasteiger charge is -2.15. The molecule has 0 atom stereocenters. The molecule has 0 fully saturated rings. The topological polar surface area (TPSA) is 56.6 Å². The Morgan fingerprint density at radius 2 is 1.90 bits per heavy atom. The summed E-state index contributed by atoms with van der Waals surface area (Å²) in [7, 11) is 5.32. The highest BCUT2D eigenvalue weighted by molar-refractivity contribution is 5.91. The van der Waals surface area contributed by atoms with E-state index in [-0.39, 0.29) is 5.91 Å². The quantitative estimate of drug-likeness (QED) is 0.511. The number of para-hydroxylation sites is 1. The molecule has 6 heteroatoms. The first-order valence-corrected chi connectivity index (χ1v) is 10.1. The number of methoxy groups -OCH3 is 1. The van der Waals surface area contributed by atoms with Crippen LogP contribution in [0.2, 0.25) is 0 Å². The van der Waals surface area contributed by atoms with Gasteiger partial charge in [0.2, 0.25) is 5.91 Å². The zero-order chi connectivity index (χ0) is 22.4. The molecule has 162 valence electrons. The second-order valence-corrected chi connectivity index (χ2v) is 7.53. The zero-order valence-corrected chi connectivity index (χ0v) is 18.8. The maximum Gasteiger partial charge on any atom is 0.246 e. The summed E-state index contributed by atoms with van der Waals surface area (Å²) >= 11 is 0. The van der Waals surface area contributed by atoms with Crippen molar-refractivity contribution in [3.05, 3.63) is 82.7 Å². The molecular weight excluding hydrogens is 390 g/mol. The fourth-order valence-corrected chi connectivity index (χ4v) is 3.22. The number of hydrogen-bond donors (Lipinski definition) is 0. The van der Waals surface area contributed by atoms with Crippen molar-refractivity contribution >= 4 is 12.0 Å². The van der Waals surface area contributed by atoms with Crippen LogP contribution in [-0.4, -0.2) is 34.7 Å². The van der Waals surface area contributed by atoms with E-state index < -0.39 is 0 Å². The fraction of sp³-hybridized carbons (Fsp3) is 0.280. The molecule has 0 aliphatic carbocycles. The smallest absolute Gasteiger partial charge is 0.246 e. The maximum absolute atomic E-state index is 12.6. The van der Waals surface area contributed by atoms with Gasteiger partial charge in [0.05, 0.1) is 13.3 Å². The Balaban J connectivity index is 1.68. The normalized spacial score (nSPS) is 11.0. The SMILES string of the molecule is COc1ccc(/C=C/C(=O)N(C)Cc2cnn(C)c2C)cc1COc1ccccc1C. The van der Waals surface area contributed by atoms with Crippen molar-refractivity contribution < 1.29 is 14.3 Å². The molecule has 1 heterocycles. The largest absolute Gasteiger partial charge is 0.496 e. The summed E-state index contributed by atoms with van der Waals surface area (Å²) < 4.78 is 13.3. The lowest BCUT2D eigenvalue weighted by atomic mass is 10.1. The lowest BCUT2D eigenvalue weighted by molar-refractivity contribution is -0.125. The van der Waals surface area contributed by atoms with Crippen LogP contribution in [0.5, 0.6) is 11.5 Å². The third-order valence-corrected chi connectivity index (χ3v) is 5.32. The summed E-state index contributed by atoms with van der Waals surface area (Å²) in [6.07, 6.45) is 5.19. The number of rotatable bonds is 8. The lowest BCUT2D eigenvalue weighted by Crippen LogP contribution is -2.24. The second kappa shape index (κ2) is 9.98. The van der Waals surface area contributed by atoms with Crippen molar-refractivity contribution in [2.45, 2.75) is 27.0 Å². The minimum Gasteiger partial charge on any atom is -0.496 e. The van der Waals surface area contributed by atoms with E-state index in [1.165, 1.54) is 0 Å². The Morgan fingerprint density at radius 3 is 2.58 bits per heavy atom. The summed E-state index contributed by atoms with van der Waals surface area (Å²) in [4.78, 5) is 14.2. The van der Waals surface area contributed by atoms with Crippen LogP contribution in [-0.2, 0) is 25.0 Å². The van der Waals surface area contributed by atoms with Gasteiger partial charge in [-0.05, 0) is 49.2 Å². The Hall–Kier alpha value is -3.54. The molecule has 0 saturated carbocycles. The summed E-state index contributed by atoms with van der Waals surface area (Å²) in [6, 6.07) is 13.7. The molecule has 2 aromatic carbocycles. The predicted octanol–water partition coefficient (Wildman–Crippen LogP) is 4.30. The van der Waals surface area contributed by atoms with Crippen LogP contribution < -0.4 is 9.47 Å². The number of likely N-dealkylation sites (N-methyl/N-ethyl adjacent to an activating group) is 1. The minimum absolute atomic E-state index is 0.0724. The van der Waals surface area contributed by atoms with E-state index in [1.54, 1.807) is 36.0 Å². The number of amides is 1. The molecule has 0 saturated heterocycles. The van der Waals surface area contributed by atoms with E-state index in [4.69, 9.17) is 9.47 Å². The monoisotopic (exact) mass is 419 g/mol. The molecule has 0 unspecified atom stereocenters. The average molecular weight is 420 g/mol. The van der Waals surface area contributed by atoms with Gasteiger partial charge >= 0.3 is 0 Å². The first-order chi connectivity index (χ1) is 14.9. The number of benzene rings is 2. The molecule has 0 N–H and O–H groups in total. The molecule has 1 aromatic heterocycles. The van der Waals surface area contributed by atoms with E-state index in [2.05, 4.69) is 5.10 Å². The van der Waals surface area contributed by atoms with Gasteiger partial charge in [0.15, 0.2) is 0 Å². The van der Waals surface area contributed by atoms with Gasteiger partial charge in [0.1, 0.15) is 18.1 Å². The van der Waals surface area contributed by atoms with E-state index in [0.29, 0.717) is 13.2 Å². The summed E-state index contributed by atoms with van der Waals surface area (Å²) in [5.41, 5.74) is 4.99. The first-order valence-electron chi connectivity index (χ1n) is 10.1. The molecule has 3 rings (SSSR count). The molecule has 0 aliphatic rings. The maximum atomic E-state index is 12.6. The molecular formula is C25H29N3O3. The number of aryl methyl sites for hydroxylation is 2. The number of ether oxygens (including phenoxy) is 2. The Morgan fingerprint density at radius 1 is 1.13 bits per heavy atom. The van der Waals surface area contributed by atoms with Gasteiger partial charge in [0, 0.05) is 43.5 Å². The van der Waals surface area contributed by atoms with Gasteiger partial charge in [-0.25, -0.2) is 0 Å². The zero-order valence-electron chi connectivity index (χ0n) is 18.8. The number of carbonyl (C=O) groups is 1. The Bertz CT molecular complexity index is 1090. The van der Waals surface area contributed by atoms with Gasteiger partial charge in [-0.2, -0.15) is 5.10 Å². The van der Waals surface area contributed by atoms with Crippen LogP contribution in [0.15, 0.2) is 54.7 Å². The number of hydrogen-bond acceptors (Lipinski definition) is 4. The van der Waals surface area contributed by atoms with E-state index in [1.807, 2.05) is 69.4 Å². The molecule has 0 radical (unpaired) electrons. The summed E-state index contributed by atoms with van der Waals surface area (Å²) in [5, 5.41) is 4.23. The van der Waals surface area contributed by atoms with Crippen LogP contribution in [0.1, 0.15) is 27.9 Å². The Labute approximate surface area is 183 Å². The predicted molar refractivity (Wildman–Crippen MR) is 122 cm³/mol. The molecule has 1 amide bonds. The van der Waals surface area contributed by atoms with Crippen molar-refractivity contribution in [1.29, 1.82) is 0 Å². The molecule has 0 bridgehead atoms. The van der Waals surface area contributed by atoms with Crippen LogP contribution in [0.4, 0.5) is 0 Å². The van der Waals surface area contributed by atoms with Gasteiger partial charge in [-0.1, -0.05) is 24.3 Å². The van der Waals surface area contributed by atoms with Crippen molar-refractivity contribution in [3.8, 4) is 11.5 Å². The summed E-state index contributed by atoms with van der Waals surface area (Å²) in [6.45, 7) is 4.90. The van der Waals surface area contributed by atoms with Crippen molar-refractivity contribution in [2.75, 3.05) is 14.2 Å². The van der Waals surface area contributed by atoms with Gasteiger partial charge in [0.25, 0.3) is 0 Å². The Kier molecular flexibility index (Phi) is 7.13. The number of nitrogens with zero attached hydrogens (tertiary/aromatic N) is 3. The number of aromatic nitrogens is 2. The summed E-state index contributed by atoms with van der Waals surface area (Å²) in [5.74, 6) is 1.52. The van der Waals surface area contributed by atoms with Crippen LogP contribution in [0, 0.1) is 13.8 Å². The third kappa shape index (κ3) is 5.54. The molecule has 0 spiro atoms. The van der Waals surface area contributed by atoms with Crippen molar-refractivity contribution in [1.82, 2.24) is 14.7 Å². The highest BCUT2D eigenvalue weighted by atomic mass is 16.5. The third-order valence-electron chi connectivity index (χ3n) is 5.32. The molecule has 3 aromatic rings. The average Bonchev–Trinajstić information content (AvgIpc) is 3.09. The number of carbonyl (C=O) groups excluding carboxylic acids is 1. The minimum atomic E-state index is -0.0724. The second-order valence-electron chi connectivity index (χ2n) is 7.53. The van der Waals surface area contributed by atoms with Crippen LogP contribution >= 0.6 is 0 Å². The standard InChI is InChI=1S/C25H29N3O3/c1-18-8-6-7-9-23(18)31-17-21-14-20(10-12-24(21)30-5)11-13-25(29)27(3)16-22-15-26-28(4)19(22)2/h6-15H,16-17H2,1-5H3/b13-11+. The molecule has 0 aliphatic heterocycles. The van der Waals surface area contributed by atoms with Crippen LogP contribution in [0.25, 0.3) is 6.08 Å². The van der Waals surface area contributed by atoms with Gasteiger partial charge in [-0.15, -0.1) is 0 Å². The van der Waals surface area contributed by atoms with E-state index in [9.17, 15) is 4.79 Å². The van der Waals surface area contributed by atoms with Gasteiger partial charge in [-0.3, -0.25) is 9.48 Å². The van der Waals surface area contributed by atoms with E-state index >= 15 is 0 Å². The van der Waals surface area contributed by atoms with Crippen molar-refractivity contribution in [3.63, 3.8) is 0 Å². The molecule has 6 nitrogen and oxygen atoms in total. The highest BCUT2D eigenvalue weighted by Gasteiger charge is 2.11. The van der Waals surface area contributed by atoms with Crippen LogP contribution in [0.3, 0.4) is 0 Å². The molecule has 31 heavy (non-hydrogen) atoms. The fourth-order valence-electron chi connectivity index (χ4n) is 3.22. The highest BCUT2D eigenvalue weighted by Crippen LogP contribution is 2.24. The first kappa shape index (κ1) is 22.2.